The summed E-state index contributed by atoms with van der Waals surface area (Å²) < 4.78 is 13.2. The summed E-state index contributed by atoms with van der Waals surface area (Å²) in [7, 11) is 1.92. The van der Waals surface area contributed by atoms with E-state index in [2.05, 4.69) is 12.2 Å². The fraction of sp³-hybridized carbons (Fsp3) is 0.500. The predicted octanol–water partition coefficient (Wildman–Crippen LogP) is 3.36. The van der Waals surface area contributed by atoms with Crippen molar-refractivity contribution in [3.63, 3.8) is 0 Å². The predicted molar refractivity (Wildman–Crippen MR) is 71.0 cm³/mol. The Hall–Kier alpha value is -0.250. The van der Waals surface area contributed by atoms with Crippen molar-refractivity contribution in [1.29, 1.82) is 0 Å². The van der Waals surface area contributed by atoms with Crippen molar-refractivity contribution in [3.05, 3.63) is 34.6 Å². The molecule has 0 radical (unpaired) electrons. The summed E-state index contributed by atoms with van der Waals surface area (Å²) in [4.78, 5) is 0. The molecular weight excluding hydrogens is 245 g/mol. The van der Waals surface area contributed by atoms with Gasteiger partial charge in [-0.25, -0.2) is 4.39 Å². The number of rotatable bonds is 6. The summed E-state index contributed by atoms with van der Waals surface area (Å²) in [5.41, 5.74) is 0.873. The Balaban J connectivity index is 2.66. The van der Waals surface area contributed by atoms with Crippen LogP contribution in [0.15, 0.2) is 18.2 Å². The average Bonchev–Trinajstić information content (AvgIpc) is 2.30. The van der Waals surface area contributed by atoms with E-state index in [1.54, 1.807) is 6.07 Å². The Bertz CT molecular complexity index is 333. The molecule has 16 heavy (non-hydrogen) atoms. The molecule has 0 spiro atoms. The summed E-state index contributed by atoms with van der Waals surface area (Å²) >= 11 is 7.79. The molecule has 4 heteroatoms. The third-order valence-corrected chi connectivity index (χ3v) is 3.90. The minimum absolute atomic E-state index is 0.254. The van der Waals surface area contributed by atoms with Gasteiger partial charge in [0.1, 0.15) is 5.82 Å². The Morgan fingerprint density at radius 3 is 2.88 bits per heavy atom. The number of thioether (sulfide) groups is 1. The zero-order chi connectivity index (χ0) is 12.0. The molecule has 1 rings (SSSR count). The molecule has 0 aliphatic rings. The number of hydrogen-bond donors (Lipinski definition) is 1. The second-order valence-corrected chi connectivity index (χ2v) is 5.26. The van der Waals surface area contributed by atoms with E-state index in [9.17, 15) is 4.39 Å². The van der Waals surface area contributed by atoms with Crippen molar-refractivity contribution in [2.75, 3.05) is 18.6 Å². The van der Waals surface area contributed by atoms with Gasteiger partial charge in [0.05, 0.1) is 5.02 Å². The number of benzene rings is 1. The van der Waals surface area contributed by atoms with E-state index < -0.39 is 0 Å². The molecule has 0 amide bonds. The smallest absolute Gasteiger partial charge is 0.142 e. The Morgan fingerprint density at radius 1 is 1.50 bits per heavy atom. The largest absolute Gasteiger partial charge is 0.316 e. The van der Waals surface area contributed by atoms with Crippen molar-refractivity contribution < 1.29 is 4.39 Å². The van der Waals surface area contributed by atoms with Gasteiger partial charge in [0, 0.05) is 11.8 Å². The van der Waals surface area contributed by atoms with E-state index in [-0.39, 0.29) is 10.8 Å². The molecule has 90 valence electrons. The summed E-state index contributed by atoms with van der Waals surface area (Å²) in [5.74, 6) is 1.77. The van der Waals surface area contributed by atoms with Gasteiger partial charge in [-0.05, 0) is 30.9 Å². The summed E-state index contributed by atoms with van der Waals surface area (Å²) in [6.07, 6.45) is 0.764. The van der Waals surface area contributed by atoms with E-state index in [0.29, 0.717) is 6.04 Å². The monoisotopic (exact) mass is 261 g/mol. The third kappa shape index (κ3) is 3.96. The lowest BCUT2D eigenvalue weighted by Crippen LogP contribution is -2.30. The van der Waals surface area contributed by atoms with E-state index in [4.69, 9.17) is 11.6 Å². The van der Waals surface area contributed by atoms with Crippen LogP contribution in [0.4, 0.5) is 4.39 Å². The molecule has 1 atom stereocenters. The first-order valence-corrected chi connectivity index (χ1v) is 6.90. The second-order valence-electron chi connectivity index (χ2n) is 3.56. The lowest BCUT2D eigenvalue weighted by atomic mass is 10.1. The highest BCUT2D eigenvalue weighted by Gasteiger charge is 2.11. The molecule has 1 aromatic rings. The van der Waals surface area contributed by atoms with Crippen LogP contribution in [0.5, 0.6) is 0 Å². The topological polar surface area (TPSA) is 12.0 Å². The zero-order valence-corrected chi connectivity index (χ0v) is 11.2. The fourth-order valence-corrected chi connectivity index (χ4v) is 2.48. The van der Waals surface area contributed by atoms with Crippen LogP contribution in [0, 0.1) is 5.82 Å². The molecule has 1 aromatic carbocycles. The van der Waals surface area contributed by atoms with Gasteiger partial charge < -0.3 is 5.32 Å². The van der Waals surface area contributed by atoms with Crippen LogP contribution in [0.2, 0.25) is 5.02 Å². The molecule has 0 aliphatic carbocycles. The third-order valence-electron chi connectivity index (χ3n) is 2.43. The highest BCUT2D eigenvalue weighted by atomic mass is 35.5. The van der Waals surface area contributed by atoms with Gasteiger partial charge >= 0.3 is 0 Å². The van der Waals surface area contributed by atoms with Crippen molar-refractivity contribution in [3.8, 4) is 0 Å². The zero-order valence-electron chi connectivity index (χ0n) is 9.59. The first kappa shape index (κ1) is 13.8. The maximum absolute atomic E-state index is 13.2. The van der Waals surface area contributed by atoms with Crippen LogP contribution in [0.1, 0.15) is 12.5 Å². The van der Waals surface area contributed by atoms with Crippen LogP contribution in [0.3, 0.4) is 0 Å². The molecule has 0 heterocycles. The molecule has 0 saturated carbocycles. The van der Waals surface area contributed by atoms with Crippen LogP contribution in [-0.2, 0) is 6.42 Å². The maximum Gasteiger partial charge on any atom is 0.142 e. The van der Waals surface area contributed by atoms with Crippen LogP contribution >= 0.6 is 23.4 Å². The second kappa shape index (κ2) is 7.15. The highest BCUT2D eigenvalue weighted by molar-refractivity contribution is 7.99. The van der Waals surface area contributed by atoms with Gasteiger partial charge in [0.15, 0.2) is 0 Å². The summed E-state index contributed by atoms with van der Waals surface area (Å²) in [6, 6.07) is 5.31. The minimum atomic E-state index is -0.336. The summed E-state index contributed by atoms with van der Waals surface area (Å²) in [5, 5.41) is 3.48. The molecule has 0 aliphatic heterocycles. The fourth-order valence-electron chi connectivity index (χ4n) is 1.48. The molecule has 1 nitrogen and oxygen atoms in total. The van der Waals surface area contributed by atoms with Gasteiger partial charge in [-0.15, -0.1) is 0 Å². The molecule has 0 bridgehead atoms. The summed E-state index contributed by atoms with van der Waals surface area (Å²) in [6.45, 7) is 2.13. The van der Waals surface area contributed by atoms with Gasteiger partial charge in [-0.2, -0.15) is 11.8 Å². The van der Waals surface area contributed by atoms with Crippen LogP contribution < -0.4 is 5.32 Å². The lowest BCUT2D eigenvalue weighted by molar-refractivity contribution is 0.603. The molecule has 0 fully saturated rings. The molecular formula is C12H17ClFNS. The van der Waals surface area contributed by atoms with Crippen molar-refractivity contribution >= 4 is 23.4 Å². The first-order valence-electron chi connectivity index (χ1n) is 5.37. The van der Waals surface area contributed by atoms with Gasteiger partial charge in [-0.3, -0.25) is 0 Å². The average molecular weight is 262 g/mol. The number of nitrogens with one attached hydrogen (secondary N) is 1. The van der Waals surface area contributed by atoms with E-state index >= 15 is 0 Å². The molecule has 0 aromatic heterocycles. The molecule has 0 saturated heterocycles. The van der Waals surface area contributed by atoms with Gasteiger partial charge in [0.2, 0.25) is 0 Å². The van der Waals surface area contributed by atoms with Crippen LogP contribution in [-0.4, -0.2) is 24.6 Å². The quantitative estimate of drug-likeness (QED) is 0.843. The SMILES string of the molecule is CCSCC(Cc1cccc(F)c1Cl)NC. The Morgan fingerprint density at radius 2 is 2.25 bits per heavy atom. The standard InChI is InChI=1S/C12H17ClFNS/c1-3-16-8-10(15-2)7-9-5-4-6-11(14)12(9)13/h4-6,10,15H,3,7-8H2,1-2H3. The number of hydrogen-bond acceptors (Lipinski definition) is 2. The first-order chi connectivity index (χ1) is 7.69. The number of likely N-dealkylation sites (N-methyl/N-ethyl adjacent to an activating group) is 1. The molecule has 1 unspecified atom stereocenters. The van der Waals surface area contributed by atoms with Crippen molar-refractivity contribution in [2.24, 2.45) is 0 Å². The maximum atomic E-state index is 13.2. The van der Waals surface area contributed by atoms with Crippen LogP contribution in [0.25, 0.3) is 0 Å². The van der Waals surface area contributed by atoms with Crippen molar-refractivity contribution in [2.45, 2.75) is 19.4 Å². The molecule has 1 N–H and O–H groups in total. The van der Waals surface area contributed by atoms with E-state index in [1.807, 2.05) is 24.9 Å². The minimum Gasteiger partial charge on any atom is -0.316 e. The van der Waals surface area contributed by atoms with E-state index in [0.717, 1.165) is 23.5 Å². The Kier molecular flexibility index (Phi) is 6.17. The van der Waals surface area contributed by atoms with Gasteiger partial charge in [0.25, 0.3) is 0 Å². The van der Waals surface area contributed by atoms with Gasteiger partial charge in [-0.1, -0.05) is 30.7 Å². The number of halogens is 2. The normalized spacial score (nSPS) is 12.8. The lowest BCUT2D eigenvalue weighted by Gasteiger charge is -2.16. The highest BCUT2D eigenvalue weighted by Crippen LogP contribution is 2.21. The van der Waals surface area contributed by atoms with E-state index in [1.165, 1.54) is 6.07 Å². The Labute approximate surface area is 106 Å². The van der Waals surface area contributed by atoms with Crippen molar-refractivity contribution in [1.82, 2.24) is 5.32 Å².